The van der Waals surface area contributed by atoms with Crippen molar-refractivity contribution in [2.45, 2.75) is 13.3 Å². The minimum Gasteiger partial charge on any atom is -0.319 e. The normalized spacial score (nSPS) is 11.0. The number of H-pyrrole nitrogens is 1. The summed E-state index contributed by atoms with van der Waals surface area (Å²) in [6.07, 6.45) is 1.05. The highest BCUT2D eigenvalue weighted by molar-refractivity contribution is 5.81. The summed E-state index contributed by atoms with van der Waals surface area (Å²) in [5.41, 5.74) is 3.54. The Labute approximate surface area is 83.5 Å². The molecule has 0 aliphatic heterocycles. The van der Waals surface area contributed by atoms with Gasteiger partial charge in [-0.2, -0.15) is 5.10 Å². The van der Waals surface area contributed by atoms with Crippen molar-refractivity contribution in [2.24, 2.45) is 0 Å². The zero-order valence-electron chi connectivity index (χ0n) is 8.59. The minimum atomic E-state index is 1.01. The number of aromatic nitrogens is 2. The van der Waals surface area contributed by atoms with E-state index in [1.807, 2.05) is 14.0 Å². The summed E-state index contributed by atoms with van der Waals surface area (Å²) in [7, 11) is 1.97. The predicted octanol–water partition coefficient (Wildman–Crippen LogP) is 1.63. The molecular weight excluding hydrogens is 174 g/mol. The van der Waals surface area contributed by atoms with E-state index in [4.69, 9.17) is 0 Å². The van der Waals surface area contributed by atoms with E-state index < -0.39 is 0 Å². The monoisotopic (exact) mass is 189 g/mol. The van der Waals surface area contributed by atoms with Gasteiger partial charge in [0.15, 0.2) is 0 Å². The second kappa shape index (κ2) is 3.80. The van der Waals surface area contributed by atoms with Crippen LogP contribution in [-0.2, 0) is 6.42 Å². The Kier molecular flexibility index (Phi) is 2.50. The maximum absolute atomic E-state index is 4.24. The number of aryl methyl sites for hydroxylation is 1. The summed E-state index contributed by atoms with van der Waals surface area (Å²) >= 11 is 0. The van der Waals surface area contributed by atoms with Gasteiger partial charge in [0.05, 0.1) is 5.52 Å². The fourth-order valence-corrected chi connectivity index (χ4v) is 1.62. The predicted molar refractivity (Wildman–Crippen MR) is 58.5 cm³/mol. The SMILES string of the molecule is CNCCc1ccc2c(C)[nH]nc2c1. The molecule has 0 radical (unpaired) electrons. The second-order valence-corrected chi connectivity index (χ2v) is 3.55. The molecule has 0 amide bonds. The summed E-state index contributed by atoms with van der Waals surface area (Å²) in [5, 5.41) is 11.6. The largest absolute Gasteiger partial charge is 0.319 e. The zero-order valence-corrected chi connectivity index (χ0v) is 8.59. The van der Waals surface area contributed by atoms with Crippen LogP contribution in [0.15, 0.2) is 18.2 Å². The third kappa shape index (κ3) is 1.63. The lowest BCUT2D eigenvalue weighted by Crippen LogP contribution is -2.10. The number of benzene rings is 1. The maximum Gasteiger partial charge on any atom is 0.0926 e. The van der Waals surface area contributed by atoms with Crippen LogP contribution in [0, 0.1) is 6.92 Å². The molecule has 1 aromatic carbocycles. The Morgan fingerprint density at radius 3 is 3.07 bits per heavy atom. The van der Waals surface area contributed by atoms with E-state index in [0.29, 0.717) is 0 Å². The van der Waals surface area contributed by atoms with Crippen molar-refractivity contribution in [3.8, 4) is 0 Å². The molecule has 2 N–H and O–H groups in total. The quantitative estimate of drug-likeness (QED) is 0.770. The summed E-state index contributed by atoms with van der Waals surface area (Å²) in [6, 6.07) is 6.46. The Morgan fingerprint density at radius 1 is 1.43 bits per heavy atom. The minimum absolute atomic E-state index is 1.01. The highest BCUT2D eigenvalue weighted by Crippen LogP contribution is 2.16. The Morgan fingerprint density at radius 2 is 2.29 bits per heavy atom. The Hall–Kier alpha value is -1.35. The average Bonchev–Trinajstić information content (AvgIpc) is 2.57. The molecule has 0 unspecified atom stereocenters. The lowest BCUT2D eigenvalue weighted by molar-refractivity contribution is 0.792. The molecule has 0 spiro atoms. The molecule has 0 saturated carbocycles. The molecule has 1 aromatic heterocycles. The van der Waals surface area contributed by atoms with E-state index in [1.54, 1.807) is 0 Å². The second-order valence-electron chi connectivity index (χ2n) is 3.55. The molecule has 74 valence electrons. The van der Waals surface area contributed by atoms with Crippen LogP contribution in [0.2, 0.25) is 0 Å². The van der Waals surface area contributed by atoms with Gasteiger partial charge in [0.25, 0.3) is 0 Å². The van der Waals surface area contributed by atoms with Crippen LogP contribution in [0.25, 0.3) is 10.9 Å². The van der Waals surface area contributed by atoms with Crippen LogP contribution < -0.4 is 5.32 Å². The van der Waals surface area contributed by atoms with E-state index in [2.05, 4.69) is 33.7 Å². The number of aromatic amines is 1. The highest BCUT2D eigenvalue weighted by Gasteiger charge is 2.01. The number of fused-ring (bicyclic) bond motifs is 1. The standard InChI is InChI=1S/C11H15N3/c1-8-10-4-3-9(5-6-12-2)7-11(10)14-13-8/h3-4,7,12H,5-6H2,1-2H3,(H,13,14). The van der Waals surface area contributed by atoms with Crippen molar-refractivity contribution in [1.29, 1.82) is 0 Å². The molecular formula is C11H15N3. The highest BCUT2D eigenvalue weighted by atomic mass is 15.1. The third-order valence-electron chi connectivity index (χ3n) is 2.47. The maximum atomic E-state index is 4.24. The molecule has 3 heteroatoms. The molecule has 14 heavy (non-hydrogen) atoms. The number of rotatable bonds is 3. The summed E-state index contributed by atoms with van der Waals surface area (Å²) in [5.74, 6) is 0. The van der Waals surface area contributed by atoms with Crippen LogP contribution >= 0.6 is 0 Å². The molecule has 1 heterocycles. The fourth-order valence-electron chi connectivity index (χ4n) is 1.62. The van der Waals surface area contributed by atoms with Crippen LogP contribution in [0.3, 0.4) is 0 Å². The van der Waals surface area contributed by atoms with Gasteiger partial charge in [-0.05, 0) is 38.6 Å². The van der Waals surface area contributed by atoms with E-state index >= 15 is 0 Å². The van der Waals surface area contributed by atoms with Crippen LogP contribution in [0.1, 0.15) is 11.3 Å². The van der Waals surface area contributed by atoms with E-state index in [1.165, 1.54) is 10.9 Å². The van der Waals surface area contributed by atoms with Gasteiger partial charge in [-0.3, -0.25) is 5.10 Å². The first kappa shape index (κ1) is 9.21. The molecule has 2 aromatic rings. The molecule has 2 rings (SSSR count). The first-order valence-electron chi connectivity index (χ1n) is 4.89. The van der Waals surface area contributed by atoms with Gasteiger partial charge in [-0.15, -0.1) is 0 Å². The van der Waals surface area contributed by atoms with Crippen LogP contribution in [0.4, 0.5) is 0 Å². The van der Waals surface area contributed by atoms with E-state index in [-0.39, 0.29) is 0 Å². The van der Waals surface area contributed by atoms with E-state index in [9.17, 15) is 0 Å². The topological polar surface area (TPSA) is 40.7 Å². The number of hydrogen-bond donors (Lipinski definition) is 2. The van der Waals surface area contributed by atoms with Gasteiger partial charge in [0, 0.05) is 11.1 Å². The zero-order chi connectivity index (χ0) is 9.97. The Bertz CT molecular complexity index is 431. The van der Waals surface area contributed by atoms with Gasteiger partial charge in [0.2, 0.25) is 0 Å². The summed E-state index contributed by atoms with van der Waals surface area (Å²) < 4.78 is 0. The summed E-state index contributed by atoms with van der Waals surface area (Å²) in [6.45, 7) is 3.05. The van der Waals surface area contributed by atoms with Crippen molar-refractivity contribution in [2.75, 3.05) is 13.6 Å². The van der Waals surface area contributed by atoms with Crippen molar-refractivity contribution in [3.05, 3.63) is 29.5 Å². The third-order valence-corrected chi connectivity index (χ3v) is 2.47. The number of hydrogen-bond acceptors (Lipinski definition) is 2. The van der Waals surface area contributed by atoms with Gasteiger partial charge in [-0.25, -0.2) is 0 Å². The molecule has 0 saturated heterocycles. The van der Waals surface area contributed by atoms with Gasteiger partial charge in [-0.1, -0.05) is 12.1 Å². The van der Waals surface area contributed by atoms with Gasteiger partial charge < -0.3 is 5.32 Å². The molecule has 0 bridgehead atoms. The average molecular weight is 189 g/mol. The van der Waals surface area contributed by atoms with Crippen molar-refractivity contribution in [1.82, 2.24) is 15.5 Å². The molecule has 0 atom stereocenters. The fraction of sp³-hybridized carbons (Fsp3) is 0.364. The van der Waals surface area contributed by atoms with Crippen molar-refractivity contribution in [3.63, 3.8) is 0 Å². The van der Waals surface area contributed by atoms with Crippen LogP contribution in [-0.4, -0.2) is 23.8 Å². The first-order chi connectivity index (χ1) is 6.81. The first-order valence-corrected chi connectivity index (χ1v) is 4.89. The lowest BCUT2D eigenvalue weighted by Gasteiger charge is -2.00. The Balaban J connectivity index is 2.32. The summed E-state index contributed by atoms with van der Waals surface area (Å²) in [4.78, 5) is 0. The smallest absolute Gasteiger partial charge is 0.0926 e. The molecule has 0 fully saturated rings. The number of nitrogens with one attached hydrogen (secondary N) is 2. The van der Waals surface area contributed by atoms with Crippen molar-refractivity contribution >= 4 is 10.9 Å². The number of nitrogens with zero attached hydrogens (tertiary/aromatic N) is 1. The van der Waals surface area contributed by atoms with Gasteiger partial charge in [0.1, 0.15) is 0 Å². The molecule has 0 aliphatic carbocycles. The van der Waals surface area contributed by atoms with Crippen LogP contribution in [0.5, 0.6) is 0 Å². The molecule has 3 nitrogen and oxygen atoms in total. The lowest BCUT2D eigenvalue weighted by atomic mass is 10.1. The van der Waals surface area contributed by atoms with Crippen molar-refractivity contribution < 1.29 is 0 Å². The van der Waals surface area contributed by atoms with Gasteiger partial charge >= 0.3 is 0 Å². The molecule has 0 aliphatic rings. The van der Waals surface area contributed by atoms with E-state index in [0.717, 1.165) is 24.2 Å². The number of likely N-dealkylation sites (N-methyl/N-ethyl adjacent to an activating group) is 1.